The van der Waals surface area contributed by atoms with Gasteiger partial charge in [-0.1, -0.05) is 6.07 Å². The molecule has 1 fully saturated rings. The van der Waals surface area contributed by atoms with Crippen LogP contribution in [-0.4, -0.2) is 30.9 Å². The number of hydrogen-bond acceptors (Lipinski definition) is 3. The van der Waals surface area contributed by atoms with Crippen molar-refractivity contribution in [1.29, 1.82) is 0 Å². The largest absolute Gasteiger partial charge is 0.366 e. The van der Waals surface area contributed by atoms with Gasteiger partial charge in [-0.3, -0.25) is 9.59 Å². The number of benzene rings is 2. The molecule has 1 aliphatic heterocycles. The number of halogens is 2. The second-order valence-electron chi connectivity index (χ2n) is 6.29. The standard InChI is InChI=1S/C19H19F2N3O2/c20-15-6-5-13(9-16(15)21)14-7-8-23-10-17(14)24-19(26)12-3-1-11(2-4-12)18(22)25/h1-6,9,14,17,23H,7-8,10H2,(H2,22,25)(H,24,26). The number of nitrogens with two attached hydrogens (primary N) is 1. The summed E-state index contributed by atoms with van der Waals surface area (Å²) in [6.45, 7) is 1.25. The van der Waals surface area contributed by atoms with Crippen molar-refractivity contribution in [3.05, 3.63) is 70.8 Å². The zero-order valence-electron chi connectivity index (χ0n) is 14.0. The van der Waals surface area contributed by atoms with E-state index < -0.39 is 17.5 Å². The van der Waals surface area contributed by atoms with E-state index in [1.165, 1.54) is 30.3 Å². The van der Waals surface area contributed by atoms with Crippen LogP contribution in [0.2, 0.25) is 0 Å². The quantitative estimate of drug-likeness (QED) is 0.780. The zero-order valence-corrected chi connectivity index (χ0v) is 14.0. The lowest BCUT2D eigenvalue weighted by atomic mass is 9.85. The Hall–Kier alpha value is -2.80. The van der Waals surface area contributed by atoms with Crippen LogP contribution >= 0.6 is 0 Å². The molecular weight excluding hydrogens is 340 g/mol. The first-order valence-electron chi connectivity index (χ1n) is 8.32. The molecule has 7 heteroatoms. The summed E-state index contributed by atoms with van der Waals surface area (Å²) >= 11 is 0. The average Bonchev–Trinajstić information content (AvgIpc) is 2.64. The van der Waals surface area contributed by atoms with Crippen LogP contribution in [0.25, 0.3) is 0 Å². The summed E-state index contributed by atoms with van der Waals surface area (Å²) < 4.78 is 26.8. The Labute approximate surface area is 149 Å². The van der Waals surface area contributed by atoms with Crippen molar-refractivity contribution in [2.45, 2.75) is 18.4 Å². The Kier molecular flexibility index (Phi) is 5.27. The lowest BCUT2D eigenvalue weighted by Gasteiger charge is -2.33. The van der Waals surface area contributed by atoms with Crippen molar-refractivity contribution in [2.75, 3.05) is 13.1 Å². The number of amides is 2. The topological polar surface area (TPSA) is 84.2 Å². The SMILES string of the molecule is NC(=O)c1ccc(C(=O)NC2CNCCC2c2ccc(F)c(F)c2)cc1. The molecule has 0 radical (unpaired) electrons. The Morgan fingerprint density at radius 1 is 1.04 bits per heavy atom. The molecule has 4 N–H and O–H groups in total. The summed E-state index contributed by atoms with van der Waals surface area (Å²) in [5, 5.41) is 6.13. The predicted molar refractivity (Wildman–Crippen MR) is 92.8 cm³/mol. The minimum atomic E-state index is -0.895. The molecule has 2 aromatic rings. The van der Waals surface area contributed by atoms with Crippen LogP contribution in [0.1, 0.15) is 38.6 Å². The number of carbonyl (C=O) groups excluding carboxylic acids is 2. The summed E-state index contributed by atoms with van der Waals surface area (Å²) in [6, 6.07) is 9.61. The van der Waals surface area contributed by atoms with Crippen LogP contribution < -0.4 is 16.4 Å². The summed E-state index contributed by atoms with van der Waals surface area (Å²) in [7, 11) is 0. The van der Waals surface area contributed by atoms with Gasteiger partial charge in [0.25, 0.3) is 5.91 Å². The van der Waals surface area contributed by atoms with Crippen molar-refractivity contribution in [2.24, 2.45) is 5.73 Å². The minimum absolute atomic E-state index is 0.125. The van der Waals surface area contributed by atoms with Gasteiger partial charge < -0.3 is 16.4 Å². The molecule has 2 amide bonds. The van der Waals surface area contributed by atoms with Gasteiger partial charge in [0.2, 0.25) is 5.91 Å². The second-order valence-corrected chi connectivity index (χ2v) is 6.29. The molecule has 1 aliphatic rings. The molecule has 2 atom stereocenters. The first-order chi connectivity index (χ1) is 12.5. The molecule has 1 heterocycles. The van der Waals surface area contributed by atoms with E-state index in [1.54, 1.807) is 6.07 Å². The third kappa shape index (κ3) is 3.88. The summed E-state index contributed by atoms with van der Waals surface area (Å²) in [5.74, 6) is -2.78. The third-order valence-electron chi connectivity index (χ3n) is 4.60. The van der Waals surface area contributed by atoms with Gasteiger partial charge in [0.15, 0.2) is 11.6 Å². The van der Waals surface area contributed by atoms with Crippen molar-refractivity contribution in [1.82, 2.24) is 10.6 Å². The van der Waals surface area contributed by atoms with Crippen LogP contribution in [0.15, 0.2) is 42.5 Å². The van der Waals surface area contributed by atoms with Crippen LogP contribution in [0, 0.1) is 11.6 Å². The van der Waals surface area contributed by atoms with Gasteiger partial charge in [-0.15, -0.1) is 0 Å². The second kappa shape index (κ2) is 7.61. The van der Waals surface area contributed by atoms with E-state index in [0.717, 1.165) is 12.6 Å². The van der Waals surface area contributed by atoms with E-state index in [4.69, 9.17) is 5.73 Å². The number of piperidine rings is 1. The van der Waals surface area contributed by atoms with E-state index >= 15 is 0 Å². The zero-order chi connectivity index (χ0) is 18.7. The smallest absolute Gasteiger partial charge is 0.251 e. The first kappa shape index (κ1) is 18.0. The molecule has 0 aromatic heterocycles. The molecule has 26 heavy (non-hydrogen) atoms. The molecule has 0 aliphatic carbocycles. The monoisotopic (exact) mass is 359 g/mol. The summed E-state index contributed by atoms with van der Waals surface area (Å²) in [6.07, 6.45) is 0.691. The van der Waals surface area contributed by atoms with Gasteiger partial charge in [0.05, 0.1) is 0 Å². The van der Waals surface area contributed by atoms with Crippen molar-refractivity contribution in [3.8, 4) is 0 Å². The maximum atomic E-state index is 13.6. The van der Waals surface area contributed by atoms with Crippen molar-refractivity contribution < 1.29 is 18.4 Å². The van der Waals surface area contributed by atoms with Crippen molar-refractivity contribution in [3.63, 3.8) is 0 Å². The van der Waals surface area contributed by atoms with Crippen LogP contribution in [-0.2, 0) is 0 Å². The molecule has 3 rings (SSSR count). The highest BCUT2D eigenvalue weighted by Gasteiger charge is 2.28. The Morgan fingerprint density at radius 2 is 1.73 bits per heavy atom. The number of primary amides is 1. The number of carbonyl (C=O) groups is 2. The van der Waals surface area contributed by atoms with Gasteiger partial charge in [-0.05, 0) is 54.9 Å². The fourth-order valence-electron chi connectivity index (χ4n) is 3.19. The molecule has 0 saturated carbocycles. The van der Waals surface area contributed by atoms with Gasteiger partial charge in [-0.2, -0.15) is 0 Å². The van der Waals surface area contributed by atoms with E-state index in [0.29, 0.717) is 29.7 Å². The lowest BCUT2D eigenvalue weighted by molar-refractivity contribution is 0.0922. The van der Waals surface area contributed by atoms with Crippen molar-refractivity contribution >= 4 is 11.8 Å². The summed E-state index contributed by atoms with van der Waals surface area (Å²) in [5.41, 5.74) is 6.56. The minimum Gasteiger partial charge on any atom is -0.366 e. The third-order valence-corrected chi connectivity index (χ3v) is 4.60. The fourth-order valence-corrected chi connectivity index (χ4v) is 3.19. The molecule has 136 valence electrons. The van der Waals surface area contributed by atoms with E-state index in [-0.39, 0.29) is 17.9 Å². The summed E-state index contributed by atoms with van der Waals surface area (Å²) in [4.78, 5) is 23.6. The molecule has 0 bridgehead atoms. The predicted octanol–water partition coefficient (Wildman–Crippen LogP) is 1.94. The van der Waals surface area contributed by atoms with E-state index in [1.807, 2.05) is 0 Å². The molecule has 2 unspecified atom stereocenters. The van der Waals surface area contributed by atoms with E-state index in [2.05, 4.69) is 10.6 Å². The maximum Gasteiger partial charge on any atom is 0.251 e. The van der Waals surface area contributed by atoms with E-state index in [9.17, 15) is 18.4 Å². The van der Waals surface area contributed by atoms with Crippen LogP contribution in [0.3, 0.4) is 0 Å². The first-order valence-corrected chi connectivity index (χ1v) is 8.32. The Balaban J connectivity index is 1.76. The fraction of sp³-hybridized carbons (Fsp3) is 0.263. The normalized spacial score (nSPS) is 19.8. The number of nitrogens with one attached hydrogen (secondary N) is 2. The highest BCUT2D eigenvalue weighted by molar-refractivity contribution is 5.97. The molecule has 0 spiro atoms. The van der Waals surface area contributed by atoms with Gasteiger partial charge in [0, 0.05) is 29.6 Å². The molecule has 5 nitrogen and oxygen atoms in total. The molecule has 2 aromatic carbocycles. The molecular formula is C19H19F2N3O2. The van der Waals surface area contributed by atoms with Crippen LogP contribution in [0.4, 0.5) is 8.78 Å². The van der Waals surface area contributed by atoms with Gasteiger partial charge >= 0.3 is 0 Å². The lowest BCUT2D eigenvalue weighted by Crippen LogP contribution is -2.50. The molecule has 1 saturated heterocycles. The number of hydrogen-bond donors (Lipinski definition) is 3. The Morgan fingerprint density at radius 3 is 2.38 bits per heavy atom. The maximum absolute atomic E-state index is 13.6. The average molecular weight is 359 g/mol. The van der Waals surface area contributed by atoms with Crippen LogP contribution in [0.5, 0.6) is 0 Å². The highest BCUT2D eigenvalue weighted by atomic mass is 19.2. The number of rotatable bonds is 4. The van der Waals surface area contributed by atoms with Gasteiger partial charge in [-0.25, -0.2) is 8.78 Å². The van der Waals surface area contributed by atoms with Gasteiger partial charge in [0.1, 0.15) is 0 Å². The highest BCUT2D eigenvalue weighted by Crippen LogP contribution is 2.27. The Bertz CT molecular complexity index is 824.